The first-order valence-corrected chi connectivity index (χ1v) is 5.69. The van der Waals surface area contributed by atoms with Crippen molar-refractivity contribution in [2.24, 2.45) is 5.73 Å². The topological polar surface area (TPSA) is 69.4 Å². The van der Waals surface area contributed by atoms with Crippen molar-refractivity contribution < 1.29 is 14.3 Å². The zero-order chi connectivity index (χ0) is 12.7. The van der Waals surface area contributed by atoms with Crippen LogP contribution in [0.2, 0.25) is 0 Å². The number of nitrogens with two attached hydrogens (primary N) is 1. The zero-order valence-electron chi connectivity index (χ0n) is 9.89. The van der Waals surface area contributed by atoms with Crippen LogP contribution >= 0.6 is 0 Å². The Labute approximate surface area is 101 Å². The van der Waals surface area contributed by atoms with Gasteiger partial charge in [-0.15, -0.1) is 0 Å². The van der Waals surface area contributed by atoms with Gasteiger partial charge in [-0.25, -0.2) is 0 Å². The van der Waals surface area contributed by atoms with E-state index in [-0.39, 0.29) is 0 Å². The number of primary amides is 1. The maximum absolute atomic E-state index is 11.2. The van der Waals surface area contributed by atoms with Crippen LogP contribution in [0, 0.1) is 0 Å². The minimum absolute atomic E-state index is 0.405. The minimum Gasteiger partial charge on any atom is -0.480 e. The first-order valence-electron chi connectivity index (χ1n) is 5.69. The van der Waals surface area contributed by atoms with Gasteiger partial charge in [0, 0.05) is 0 Å². The number of amides is 1. The van der Waals surface area contributed by atoms with E-state index >= 15 is 0 Å². The highest BCUT2D eigenvalue weighted by molar-refractivity contribution is 5.81. The summed E-state index contributed by atoms with van der Waals surface area (Å²) in [7, 11) is 0. The van der Waals surface area contributed by atoms with Gasteiger partial charge in [0.1, 0.15) is 5.75 Å². The molecule has 17 heavy (non-hydrogen) atoms. The molecule has 1 unspecified atom stereocenters. The summed E-state index contributed by atoms with van der Waals surface area (Å²) in [5.74, 6) is -0.0958. The molecule has 1 aromatic carbocycles. The third-order valence-corrected chi connectivity index (χ3v) is 2.45. The number of hydrogen-bond acceptors (Lipinski definition) is 3. The molecular weight excluding hydrogens is 218 g/mol. The van der Waals surface area contributed by atoms with Crippen LogP contribution < -0.4 is 10.5 Å². The third-order valence-electron chi connectivity index (χ3n) is 2.45. The van der Waals surface area contributed by atoms with Crippen LogP contribution in [-0.4, -0.2) is 18.3 Å². The molecule has 0 aromatic heterocycles. The van der Waals surface area contributed by atoms with Gasteiger partial charge in [-0.3, -0.25) is 9.59 Å². The molecule has 0 spiro atoms. The molecular formula is C13H17NO3. The Balaban J connectivity index is 2.78. The van der Waals surface area contributed by atoms with E-state index in [1.807, 2.05) is 6.92 Å². The zero-order valence-corrected chi connectivity index (χ0v) is 9.89. The van der Waals surface area contributed by atoms with E-state index in [1.54, 1.807) is 24.3 Å². The summed E-state index contributed by atoms with van der Waals surface area (Å²) < 4.78 is 5.49. The van der Waals surface area contributed by atoms with E-state index in [0.717, 1.165) is 12.8 Å². The summed E-state index contributed by atoms with van der Waals surface area (Å²) in [6.07, 6.45) is 2.42. The first kappa shape index (κ1) is 13.2. The Morgan fingerprint density at radius 3 is 2.76 bits per heavy atom. The van der Waals surface area contributed by atoms with Crippen LogP contribution in [0.25, 0.3) is 0 Å². The minimum atomic E-state index is -0.670. The highest BCUT2D eigenvalue weighted by atomic mass is 16.5. The summed E-state index contributed by atoms with van der Waals surface area (Å²) in [5, 5.41) is 0. The number of hydrogen-bond donors (Lipinski definition) is 1. The van der Waals surface area contributed by atoms with Crippen LogP contribution in [0.15, 0.2) is 24.3 Å². The molecule has 0 heterocycles. The average Bonchev–Trinajstić information content (AvgIpc) is 2.34. The summed E-state index contributed by atoms with van der Waals surface area (Å²) >= 11 is 0. The number of carbonyl (C=O) groups excluding carboxylic acids is 2. The largest absolute Gasteiger partial charge is 0.480 e. The second-order valence-corrected chi connectivity index (χ2v) is 3.81. The number of para-hydroxylation sites is 1. The van der Waals surface area contributed by atoms with Gasteiger partial charge in [-0.1, -0.05) is 25.5 Å². The van der Waals surface area contributed by atoms with Crippen molar-refractivity contribution in [3.05, 3.63) is 29.8 Å². The normalized spacial score (nSPS) is 11.8. The van der Waals surface area contributed by atoms with E-state index < -0.39 is 12.0 Å². The summed E-state index contributed by atoms with van der Waals surface area (Å²) in [5.41, 5.74) is 5.69. The van der Waals surface area contributed by atoms with Gasteiger partial charge in [0.25, 0.3) is 5.91 Å². The molecule has 0 radical (unpaired) electrons. The van der Waals surface area contributed by atoms with Crippen LogP contribution in [0.5, 0.6) is 5.75 Å². The Hall–Kier alpha value is -1.84. The van der Waals surface area contributed by atoms with Gasteiger partial charge in [-0.2, -0.15) is 0 Å². The quantitative estimate of drug-likeness (QED) is 0.734. The molecule has 4 heteroatoms. The SMILES string of the molecule is CCCCC(Oc1ccccc1C=O)C(N)=O. The van der Waals surface area contributed by atoms with Crippen molar-refractivity contribution in [1.29, 1.82) is 0 Å². The Morgan fingerprint density at radius 1 is 1.47 bits per heavy atom. The molecule has 1 amide bonds. The van der Waals surface area contributed by atoms with E-state index in [0.29, 0.717) is 24.0 Å². The second kappa shape index (κ2) is 6.68. The van der Waals surface area contributed by atoms with Crippen molar-refractivity contribution in [1.82, 2.24) is 0 Å². The van der Waals surface area contributed by atoms with Gasteiger partial charge < -0.3 is 10.5 Å². The second-order valence-electron chi connectivity index (χ2n) is 3.81. The molecule has 0 fully saturated rings. The van der Waals surface area contributed by atoms with E-state index in [2.05, 4.69) is 0 Å². The maximum Gasteiger partial charge on any atom is 0.258 e. The average molecular weight is 235 g/mol. The lowest BCUT2D eigenvalue weighted by atomic mass is 10.1. The number of rotatable bonds is 7. The van der Waals surface area contributed by atoms with Crippen molar-refractivity contribution in [2.45, 2.75) is 32.3 Å². The highest BCUT2D eigenvalue weighted by Gasteiger charge is 2.17. The fraction of sp³-hybridized carbons (Fsp3) is 0.385. The van der Waals surface area contributed by atoms with Crippen LogP contribution in [0.1, 0.15) is 36.5 Å². The van der Waals surface area contributed by atoms with E-state index in [4.69, 9.17) is 10.5 Å². The number of unbranched alkanes of at least 4 members (excludes halogenated alkanes) is 1. The summed E-state index contributed by atoms with van der Waals surface area (Å²) in [6, 6.07) is 6.79. The number of ether oxygens (including phenoxy) is 1. The lowest BCUT2D eigenvalue weighted by Gasteiger charge is -2.16. The van der Waals surface area contributed by atoms with Crippen molar-refractivity contribution in [2.75, 3.05) is 0 Å². The standard InChI is InChI=1S/C13H17NO3/c1-2-3-7-12(13(14)16)17-11-8-5-4-6-10(11)9-15/h4-6,8-9,12H,2-3,7H2,1H3,(H2,14,16). The van der Waals surface area contributed by atoms with Gasteiger partial charge >= 0.3 is 0 Å². The van der Waals surface area contributed by atoms with Crippen molar-refractivity contribution >= 4 is 12.2 Å². The molecule has 0 aliphatic carbocycles. The molecule has 1 atom stereocenters. The molecule has 0 aliphatic rings. The number of carbonyl (C=O) groups is 2. The van der Waals surface area contributed by atoms with Gasteiger partial charge in [0.2, 0.25) is 0 Å². The van der Waals surface area contributed by atoms with Crippen molar-refractivity contribution in [3.8, 4) is 5.75 Å². The number of benzene rings is 1. The fourth-order valence-electron chi connectivity index (χ4n) is 1.49. The number of aldehydes is 1. The molecule has 92 valence electrons. The Morgan fingerprint density at radius 2 is 2.18 bits per heavy atom. The van der Waals surface area contributed by atoms with Crippen LogP contribution in [-0.2, 0) is 4.79 Å². The van der Waals surface area contributed by atoms with Gasteiger partial charge in [-0.05, 0) is 25.0 Å². The molecule has 0 saturated carbocycles. The van der Waals surface area contributed by atoms with Crippen LogP contribution in [0.3, 0.4) is 0 Å². The Bertz CT molecular complexity index is 390. The predicted molar refractivity (Wildman–Crippen MR) is 65.0 cm³/mol. The molecule has 4 nitrogen and oxygen atoms in total. The van der Waals surface area contributed by atoms with Gasteiger partial charge in [0.15, 0.2) is 12.4 Å². The Kier molecular flexibility index (Phi) is 5.20. The van der Waals surface area contributed by atoms with E-state index in [1.165, 1.54) is 0 Å². The summed E-state index contributed by atoms with van der Waals surface area (Å²) in [4.78, 5) is 22.0. The van der Waals surface area contributed by atoms with Crippen LogP contribution in [0.4, 0.5) is 0 Å². The van der Waals surface area contributed by atoms with Crippen molar-refractivity contribution in [3.63, 3.8) is 0 Å². The fourth-order valence-corrected chi connectivity index (χ4v) is 1.49. The molecule has 2 N–H and O–H groups in total. The lowest BCUT2D eigenvalue weighted by molar-refractivity contribution is -0.125. The maximum atomic E-state index is 11.2. The molecule has 1 rings (SSSR count). The molecule has 0 aliphatic heterocycles. The lowest BCUT2D eigenvalue weighted by Crippen LogP contribution is -2.33. The highest BCUT2D eigenvalue weighted by Crippen LogP contribution is 2.19. The summed E-state index contributed by atoms with van der Waals surface area (Å²) in [6.45, 7) is 2.03. The molecule has 0 saturated heterocycles. The van der Waals surface area contributed by atoms with E-state index in [9.17, 15) is 9.59 Å². The first-order chi connectivity index (χ1) is 8.19. The monoisotopic (exact) mass is 235 g/mol. The molecule has 1 aromatic rings. The smallest absolute Gasteiger partial charge is 0.258 e. The third kappa shape index (κ3) is 3.90. The molecule has 0 bridgehead atoms. The van der Waals surface area contributed by atoms with Gasteiger partial charge in [0.05, 0.1) is 5.56 Å². The predicted octanol–water partition coefficient (Wildman–Crippen LogP) is 1.92.